The molecule has 1 aromatic carbocycles. The Kier molecular flexibility index (Phi) is 4.92. The van der Waals surface area contributed by atoms with E-state index in [0.29, 0.717) is 0 Å². The van der Waals surface area contributed by atoms with Crippen LogP contribution in [0, 0.1) is 0 Å². The Morgan fingerprint density at radius 3 is 2.89 bits per heavy atom. The van der Waals surface area contributed by atoms with Crippen LogP contribution in [0.5, 0.6) is 5.75 Å². The smallest absolute Gasteiger partial charge is 0.137 e. The Morgan fingerprint density at radius 1 is 1.32 bits per heavy atom. The highest BCUT2D eigenvalue weighted by molar-refractivity contribution is 5.33. The van der Waals surface area contributed by atoms with Gasteiger partial charge in [0.25, 0.3) is 0 Å². The first-order chi connectivity index (χ1) is 9.25. The number of rotatable bonds is 7. The molecular formula is C14H20N4O. The quantitative estimate of drug-likeness (QED) is 0.747. The molecule has 0 saturated heterocycles. The van der Waals surface area contributed by atoms with Crippen molar-refractivity contribution in [2.75, 3.05) is 6.54 Å². The zero-order chi connectivity index (χ0) is 13.5. The molecule has 102 valence electrons. The van der Waals surface area contributed by atoms with Gasteiger partial charge in [-0.25, -0.2) is 4.98 Å². The van der Waals surface area contributed by atoms with Crippen molar-refractivity contribution in [2.45, 2.75) is 32.9 Å². The largest absolute Gasteiger partial charge is 0.491 e. The number of ether oxygens (including phenoxy) is 1. The number of hydrogen-bond acceptors (Lipinski definition) is 4. The number of nitrogens with zero attached hydrogens (tertiary/aromatic N) is 2. The fourth-order valence-electron chi connectivity index (χ4n) is 1.80. The van der Waals surface area contributed by atoms with Crippen LogP contribution in [0.2, 0.25) is 0 Å². The summed E-state index contributed by atoms with van der Waals surface area (Å²) in [5, 5.41) is 10.1. The van der Waals surface area contributed by atoms with Crippen LogP contribution in [0.4, 0.5) is 0 Å². The van der Waals surface area contributed by atoms with E-state index in [0.717, 1.165) is 31.1 Å². The topological polar surface area (TPSA) is 62.8 Å². The average molecular weight is 260 g/mol. The molecule has 5 nitrogen and oxygen atoms in total. The number of hydrogen-bond donors (Lipinski definition) is 2. The highest BCUT2D eigenvalue weighted by Crippen LogP contribution is 2.18. The molecule has 0 aliphatic carbocycles. The summed E-state index contributed by atoms with van der Waals surface area (Å²) < 4.78 is 5.78. The molecule has 0 unspecified atom stereocenters. The zero-order valence-electron chi connectivity index (χ0n) is 11.4. The van der Waals surface area contributed by atoms with Crippen molar-refractivity contribution in [3.8, 4) is 5.75 Å². The minimum atomic E-state index is 0.190. The Hall–Kier alpha value is -1.88. The van der Waals surface area contributed by atoms with Crippen molar-refractivity contribution in [2.24, 2.45) is 0 Å². The van der Waals surface area contributed by atoms with E-state index < -0.39 is 0 Å². The molecular weight excluding hydrogens is 240 g/mol. The molecule has 2 aromatic rings. The van der Waals surface area contributed by atoms with Crippen molar-refractivity contribution in [1.82, 2.24) is 20.5 Å². The van der Waals surface area contributed by atoms with Crippen LogP contribution in [0.1, 0.15) is 25.2 Å². The summed E-state index contributed by atoms with van der Waals surface area (Å²) in [7, 11) is 0. The van der Waals surface area contributed by atoms with Gasteiger partial charge >= 0.3 is 0 Å². The standard InChI is InChI=1S/C14H20N4O/c1-11(2)19-13-6-4-3-5-12(13)9-15-8-7-14-16-10-17-18-14/h3-6,10-11,15H,7-9H2,1-2H3,(H,16,17,18). The fourth-order valence-corrected chi connectivity index (χ4v) is 1.80. The van der Waals surface area contributed by atoms with Gasteiger partial charge in [0.15, 0.2) is 0 Å². The van der Waals surface area contributed by atoms with Gasteiger partial charge in [-0.3, -0.25) is 5.10 Å². The maximum Gasteiger partial charge on any atom is 0.137 e. The van der Waals surface area contributed by atoms with Crippen molar-refractivity contribution >= 4 is 0 Å². The van der Waals surface area contributed by atoms with Gasteiger partial charge in [0.05, 0.1) is 6.10 Å². The molecule has 0 amide bonds. The van der Waals surface area contributed by atoms with E-state index in [9.17, 15) is 0 Å². The molecule has 1 heterocycles. The first-order valence-corrected chi connectivity index (χ1v) is 6.55. The lowest BCUT2D eigenvalue weighted by atomic mass is 10.2. The van der Waals surface area contributed by atoms with Crippen molar-refractivity contribution in [3.05, 3.63) is 42.0 Å². The van der Waals surface area contributed by atoms with Gasteiger partial charge in [-0.15, -0.1) is 0 Å². The molecule has 0 radical (unpaired) electrons. The van der Waals surface area contributed by atoms with Gasteiger partial charge in [-0.2, -0.15) is 5.10 Å². The summed E-state index contributed by atoms with van der Waals surface area (Å²) in [5.41, 5.74) is 1.17. The minimum Gasteiger partial charge on any atom is -0.491 e. The normalized spacial score (nSPS) is 10.9. The second-order valence-corrected chi connectivity index (χ2v) is 4.63. The summed E-state index contributed by atoms with van der Waals surface area (Å²) in [6.45, 7) is 5.71. The maximum absolute atomic E-state index is 5.78. The van der Waals surface area contributed by atoms with Crippen LogP contribution < -0.4 is 10.1 Å². The van der Waals surface area contributed by atoms with E-state index in [4.69, 9.17) is 4.74 Å². The number of para-hydroxylation sites is 1. The second-order valence-electron chi connectivity index (χ2n) is 4.63. The van der Waals surface area contributed by atoms with E-state index >= 15 is 0 Å². The molecule has 0 bridgehead atoms. The Labute approximate surface area is 113 Å². The molecule has 0 spiro atoms. The molecule has 0 saturated carbocycles. The molecule has 0 aliphatic rings. The summed E-state index contributed by atoms with van der Waals surface area (Å²) >= 11 is 0. The lowest BCUT2D eigenvalue weighted by Gasteiger charge is -2.14. The first-order valence-electron chi connectivity index (χ1n) is 6.55. The van der Waals surface area contributed by atoms with Gasteiger partial charge in [-0.05, 0) is 19.9 Å². The first kappa shape index (κ1) is 13.5. The predicted octanol–water partition coefficient (Wildman–Crippen LogP) is 1.92. The second kappa shape index (κ2) is 6.89. The SMILES string of the molecule is CC(C)Oc1ccccc1CNCCc1ncn[nH]1. The third-order valence-electron chi connectivity index (χ3n) is 2.65. The summed E-state index contributed by atoms with van der Waals surface area (Å²) in [6.07, 6.45) is 2.56. The number of benzene rings is 1. The molecule has 0 fully saturated rings. The van der Waals surface area contributed by atoms with Gasteiger partial charge in [0.2, 0.25) is 0 Å². The molecule has 2 rings (SSSR count). The van der Waals surface area contributed by atoms with E-state index in [2.05, 4.69) is 26.6 Å². The Morgan fingerprint density at radius 2 is 2.16 bits per heavy atom. The Balaban J connectivity index is 1.82. The highest BCUT2D eigenvalue weighted by atomic mass is 16.5. The van der Waals surface area contributed by atoms with Crippen LogP contribution in [0.25, 0.3) is 0 Å². The van der Waals surface area contributed by atoms with Crippen molar-refractivity contribution in [1.29, 1.82) is 0 Å². The molecule has 1 aromatic heterocycles. The third kappa shape index (κ3) is 4.37. The monoisotopic (exact) mass is 260 g/mol. The number of aromatic amines is 1. The van der Waals surface area contributed by atoms with Crippen LogP contribution >= 0.6 is 0 Å². The van der Waals surface area contributed by atoms with Gasteiger partial charge < -0.3 is 10.1 Å². The molecule has 5 heteroatoms. The molecule has 19 heavy (non-hydrogen) atoms. The van der Waals surface area contributed by atoms with Crippen LogP contribution in [0.3, 0.4) is 0 Å². The summed E-state index contributed by atoms with van der Waals surface area (Å²) in [5.74, 6) is 1.85. The maximum atomic E-state index is 5.78. The summed E-state index contributed by atoms with van der Waals surface area (Å²) in [4.78, 5) is 4.09. The van der Waals surface area contributed by atoms with Crippen LogP contribution in [0.15, 0.2) is 30.6 Å². The van der Waals surface area contributed by atoms with E-state index in [-0.39, 0.29) is 6.10 Å². The number of H-pyrrole nitrogens is 1. The number of nitrogens with one attached hydrogen (secondary N) is 2. The molecule has 0 aliphatic heterocycles. The molecule has 2 N–H and O–H groups in total. The van der Waals surface area contributed by atoms with Gasteiger partial charge in [-0.1, -0.05) is 18.2 Å². The highest BCUT2D eigenvalue weighted by Gasteiger charge is 2.04. The van der Waals surface area contributed by atoms with Crippen LogP contribution in [-0.4, -0.2) is 27.8 Å². The summed E-state index contributed by atoms with van der Waals surface area (Å²) in [6, 6.07) is 8.11. The average Bonchev–Trinajstić information content (AvgIpc) is 2.89. The third-order valence-corrected chi connectivity index (χ3v) is 2.65. The molecule has 0 atom stereocenters. The lowest BCUT2D eigenvalue weighted by Crippen LogP contribution is -2.18. The van der Waals surface area contributed by atoms with Crippen molar-refractivity contribution in [3.63, 3.8) is 0 Å². The van der Waals surface area contributed by atoms with E-state index in [1.165, 1.54) is 11.9 Å². The van der Waals surface area contributed by atoms with Crippen LogP contribution in [-0.2, 0) is 13.0 Å². The number of aromatic nitrogens is 3. The minimum absolute atomic E-state index is 0.190. The van der Waals surface area contributed by atoms with Crippen molar-refractivity contribution < 1.29 is 4.74 Å². The van der Waals surface area contributed by atoms with Gasteiger partial charge in [0, 0.05) is 25.1 Å². The lowest BCUT2D eigenvalue weighted by molar-refractivity contribution is 0.239. The zero-order valence-corrected chi connectivity index (χ0v) is 11.4. The van der Waals surface area contributed by atoms with Gasteiger partial charge in [0.1, 0.15) is 17.9 Å². The Bertz CT molecular complexity index is 482. The predicted molar refractivity (Wildman–Crippen MR) is 74.0 cm³/mol. The van der Waals surface area contributed by atoms with E-state index in [1.807, 2.05) is 32.0 Å². The van der Waals surface area contributed by atoms with E-state index in [1.54, 1.807) is 0 Å². The fraction of sp³-hybridized carbons (Fsp3) is 0.429.